The highest BCUT2D eigenvalue weighted by Crippen LogP contribution is 2.23. The van der Waals surface area contributed by atoms with Crippen LogP contribution in [0.4, 0.5) is 4.79 Å². The molecule has 21 heavy (non-hydrogen) atoms. The Balaban J connectivity index is 1.70. The van der Waals surface area contributed by atoms with Crippen LogP contribution in [-0.4, -0.2) is 53.7 Å². The largest absolute Gasteiger partial charge is 0.392 e. The van der Waals surface area contributed by atoms with E-state index in [0.29, 0.717) is 12.5 Å². The van der Waals surface area contributed by atoms with Crippen LogP contribution < -0.4 is 10.6 Å². The van der Waals surface area contributed by atoms with Crippen molar-refractivity contribution >= 4 is 11.9 Å². The molecule has 3 amide bonds. The number of carbonyl (C=O) groups is 2. The Bertz CT molecular complexity index is 375. The van der Waals surface area contributed by atoms with Gasteiger partial charge in [0.1, 0.15) is 0 Å². The summed E-state index contributed by atoms with van der Waals surface area (Å²) in [5, 5.41) is 14.9. The van der Waals surface area contributed by atoms with Gasteiger partial charge in [-0.05, 0) is 38.1 Å². The van der Waals surface area contributed by atoms with Crippen LogP contribution in [0.25, 0.3) is 0 Å². The summed E-state index contributed by atoms with van der Waals surface area (Å²) in [5.74, 6) is 0.168. The summed E-state index contributed by atoms with van der Waals surface area (Å²) < 4.78 is 0. The second kappa shape index (κ2) is 7.75. The Kier molecular flexibility index (Phi) is 5.99. The summed E-state index contributed by atoms with van der Waals surface area (Å²) >= 11 is 0. The fraction of sp³-hybridized carbons (Fsp3) is 0.867. The Morgan fingerprint density at radius 2 is 1.95 bits per heavy atom. The molecular weight excluding hydrogens is 270 g/mol. The van der Waals surface area contributed by atoms with E-state index in [0.717, 1.165) is 38.6 Å². The van der Waals surface area contributed by atoms with Crippen LogP contribution >= 0.6 is 0 Å². The highest BCUT2D eigenvalue weighted by atomic mass is 16.3. The maximum atomic E-state index is 11.9. The lowest BCUT2D eigenvalue weighted by Crippen LogP contribution is -2.51. The highest BCUT2D eigenvalue weighted by molar-refractivity contribution is 5.95. The molecule has 6 nitrogen and oxygen atoms in total. The van der Waals surface area contributed by atoms with Gasteiger partial charge in [0.05, 0.1) is 12.6 Å². The number of rotatable bonds is 3. The topological polar surface area (TPSA) is 81.7 Å². The van der Waals surface area contributed by atoms with Gasteiger partial charge in [-0.3, -0.25) is 15.0 Å². The second-order valence-corrected chi connectivity index (χ2v) is 6.42. The third-order valence-corrected chi connectivity index (χ3v) is 4.53. The molecule has 0 bridgehead atoms. The molecule has 3 unspecified atom stereocenters. The van der Waals surface area contributed by atoms with E-state index in [2.05, 4.69) is 17.6 Å². The fourth-order valence-corrected chi connectivity index (χ4v) is 3.28. The number of hydrogen-bond acceptors (Lipinski definition) is 4. The van der Waals surface area contributed by atoms with Crippen molar-refractivity contribution in [1.29, 1.82) is 0 Å². The average molecular weight is 297 g/mol. The summed E-state index contributed by atoms with van der Waals surface area (Å²) in [6.45, 7) is 3.62. The van der Waals surface area contributed by atoms with Crippen LogP contribution in [0.5, 0.6) is 0 Å². The monoisotopic (exact) mass is 297 g/mol. The molecule has 0 aromatic rings. The average Bonchev–Trinajstić information content (AvgIpc) is 2.41. The third kappa shape index (κ3) is 5.28. The Hall–Kier alpha value is -1.14. The van der Waals surface area contributed by atoms with Crippen molar-refractivity contribution in [2.45, 2.75) is 57.6 Å². The number of aliphatic hydroxyl groups is 1. The van der Waals surface area contributed by atoms with Gasteiger partial charge in [-0.25, -0.2) is 4.79 Å². The predicted octanol–water partition coefficient (Wildman–Crippen LogP) is 0.848. The number of β-amino-alcohol motifs (C(OH)–C–C–N with tert-alkyl or cyclic N) is 1. The van der Waals surface area contributed by atoms with E-state index in [1.807, 2.05) is 4.90 Å². The number of imide groups is 1. The minimum absolute atomic E-state index is 0.170. The van der Waals surface area contributed by atoms with Crippen LogP contribution in [0.2, 0.25) is 0 Å². The summed E-state index contributed by atoms with van der Waals surface area (Å²) in [6, 6.07) is -0.223. The van der Waals surface area contributed by atoms with Gasteiger partial charge in [-0.15, -0.1) is 0 Å². The molecule has 120 valence electrons. The summed E-state index contributed by atoms with van der Waals surface area (Å²) in [7, 11) is 0. The first-order valence-corrected chi connectivity index (χ1v) is 8.05. The van der Waals surface area contributed by atoms with E-state index in [9.17, 15) is 14.7 Å². The summed E-state index contributed by atoms with van der Waals surface area (Å²) in [4.78, 5) is 25.6. The Labute approximate surface area is 126 Å². The number of urea groups is 1. The first-order chi connectivity index (χ1) is 10.0. The third-order valence-electron chi connectivity index (χ3n) is 4.53. The van der Waals surface area contributed by atoms with Gasteiger partial charge in [-0.2, -0.15) is 0 Å². The molecule has 1 saturated carbocycles. The zero-order valence-electron chi connectivity index (χ0n) is 12.8. The molecule has 2 rings (SSSR count). The number of piperidine rings is 1. The smallest absolute Gasteiger partial charge is 0.321 e. The van der Waals surface area contributed by atoms with Crippen LogP contribution in [-0.2, 0) is 4.79 Å². The van der Waals surface area contributed by atoms with Gasteiger partial charge in [0.25, 0.3) is 0 Å². The fourth-order valence-electron chi connectivity index (χ4n) is 3.28. The molecule has 1 aliphatic carbocycles. The molecular formula is C15H27N3O3. The first kappa shape index (κ1) is 16.2. The van der Waals surface area contributed by atoms with Gasteiger partial charge in [0.15, 0.2) is 0 Å². The lowest BCUT2D eigenvalue weighted by molar-refractivity contribution is -0.121. The van der Waals surface area contributed by atoms with Crippen LogP contribution in [0, 0.1) is 5.92 Å². The molecule has 2 aliphatic rings. The molecule has 0 aromatic carbocycles. The van der Waals surface area contributed by atoms with Crippen molar-refractivity contribution in [2.75, 3.05) is 19.6 Å². The van der Waals surface area contributed by atoms with Gasteiger partial charge < -0.3 is 10.4 Å². The van der Waals surface area contributed by atoms with Crippen molar-refractivity contribution in [2.24, 2.45) is 5.92 Å². The van der Waals surface area contributed by atoms with Crippen molar-refractivity contribution in [1.82, 2.24) is 15.5 Å². The molecule has 1 heterocycles. The van der Waals surface area contributed by atoms with Crippen LogP contribution in [0.15, 0.2) is 0 Å². The number of hydrogen-bond donors (Lipinski definition) is 3. The van der Waals surface area contributed by atoms with Gasteiger partial charge in [-0.1, -0.05) is 19.8 Å². The highest BCUT2D eigenvalue weighted by Gasteiger charge is 2.24. The Morgan fingerprint density at radius 3 is 2.67 bits per heavy atom. The van der Waals surface area contributed by atoms with Crippen molar-refractivity contribution in [3.05, 3.63) is 0 Å². The maximum absolute atomic E-state index is 11.9. The van der Waals surface area contributed by atoms with Crippen molar-refractivity contribution < 1.29 is 14.7 Å². The van der Waals surface area contributed by atoms with Crippen LogP contribution in [0.1, 0.15) is 45.4 Å². The summed E-state index contributed by atoms with van der Waals surface area (Å²) in [6.07, 6.45) is 5.79. The number of nitrogens with one attached hydrogen (secondary N) is 2. The normalized spacial score (nSPS) is 30.7. The number of likely N-dealkylation sites (tertiary alicyclic amines) is 1. The van der Waals surface area contributed by atoms with Crippen LogP contribution in [0.3, 0.4) is 0 Å². The standard InChI is InChI=1S/C15H27N3O3/c1-11-5-2-3-7-13(11)16-15(21)17-14(20)10-18-8-4-6-12(19)9-18/h11-13,19H,2-10H2,1H3,(H2,16,17,20,21). The molecule has 0 radical (unpaired) electrons. The van der Waals surface area contributed by atoms with E-state index < -0.39 is 6.03 Å². The first-order valence-electron chi connectivity index (χ1n) is 8.05. The molecule has 3 atom stereocenters. The van der Waals surface area contributed by atoms with E-state index in [1.54, 1.807) is 0 Å². The summed E-state index contributed by atoms with van der Waals surface area (Å²) in [5.41, 5.74) is 0. The zero-order valence-corrected chi connectivity index (χ0v) is 12.8. The Morgan fingerprint density at radius 1 is 1.19 bits per heavy atom. The van der Waals surface area contributed by atoms with E-state index >= 15 is 0 Å². The minimum Gasteiger partial charge on any atom is -0.392 e. The molecule has 1 saturated heterocycles. The number of nitrogens with zero attached hydrogens (tertiary/aromatic N) is 1. The predicted molar refractivity (Wildman–Crippen MR) is 79.8 cm³/mol. The van der Waals surface area contributed by atoms with E-state index in [1.165, 1.54) is 6.42 Å². The molecule has 3 N–H and O–H groups in total. The molecule has 0 spiro atoms. The second-order valence-electron chi connectivity index (χ2n) is 6.42. The van der Waals surface area contributed by atoms with Gasteiger partial charge >= 0.3 is 6.03 Å². The van der Waals surface area contributed by atoms with Gasteiger partial charge in [0, 0.05) is 12.6 Å². The molecule has 6 heteroatoms. The molecule has 2 fully saturated rings. The lowest BCUT2D eigenvalue weighted by atomic mass is 9.86. The number of aliphatic hydroxyl groups excluding tert-OH is 1. The number of amides is 3. The zero-order chi connectivity index (χ0) is 15.2. The molecule has 1 aliphatic heterocycles. The van der Waals surface area contributed by atoms with Crippen molar-refractivity contribution in [3.8, 4) is 0 Å². The molecule has 0 aromatic heterocycles. The van der Waals surface area contributed by atoms with E-state index in [-0.39, 0.29) is 24.6 Å². The lowest BCUT2D eigenvalue weighted by Gasteiger charge is -2.30. The maximum Gasteiger partial charge on any atom is 0.321 e. The van der Waals surface area contributed by atoms with Crippen molar-refractivity contribution in [3.63, 3.8) is 0 Å². The van der Waals surface area contributed by atoms with E-state index in [4.69, 9.17) is 0 Å². The quantitative estimate of drug-likeness (QED) is 0.721. The number of carbonyl (C=O) groups excluding carboxylic acids is 2. The van der Waals surface area contributed by atoms with Gasteiger partial charge in [0.2, 0.25) is 5.91 Å². The minimum atomic E-state index is -0.392. The SMILES string of the molecule is CC1CCCCC1NC(=O)NC(=O)CN1CCCC(O)C1.